The van der Waals surface area contributed by atoms with E-state index in [2.05, 4.69) is 9.92 Å². The fourth-order valence-corrected chi connectivity index (χ4v) is 0.951. The van der Waals surface area contributed by atoms with Gasteiger partial charge >= 0.3 is 6.09 Å². The number of rotatable bonds is 3. The molecule has 2 N–H and O–H groups in total. The SMILES string of the molecule is CCSSOC(N)=O. The maximum atomic E-state index is 9.84. The molecule has 0 aliphatic heterocycles. The molecule has 0 aliphatic rings. The van der Waals surface area contributed by atoms with E-state index < -0.39 is 6.09 Å². The quantitative estimate of drug-likeness (QED) is 0.378. The molecule has 1 amide bonds. The van der Waals surface area contributed by atoms with E-state index in [9.17, 15) is 4.79 Å². The lowest BCUT2D eigenvalue weighted by Gasteiger charge is -1.92. The van der Waals surface area contributed by atoms with Crippen LogP contribution in [0.25, 0.3) is 0 Å². The molecule has 0 aromatic rings. The second-order valence-corrected chi connectivity index (χ2v) is 3.11. The van der Waals surface area contributed by atoms with Crippen LogP contribution in [0.5, 0.6) is 0 Å². The highest BCUT2D eigenvalue weighted by Gasteiger charge is 1.91. The van der Waals surface area contributed by atoms with Crippen LogP contribution in [0.1, 0.15) is 6.92 Å². The minimum absolute atomic E-state index is 0.740. The Kier molecular flexibility index (Phi) is 5.09. The van der Waals surface area contributed by atoms with Gasteiger partial charge in [0.1, 0.15) is 11.1 Å². The van der Waals surface area contributed by atoms with Gasteiger partial charge in [0.15, 0.2) is 0 Å². The van der Waals surface area contributed by atoms with Crippen LogP contribution in [0.2, 0.25) is 0 Å². The first-order valence-corrected chi connectivity index (χ1v) is 4.27. The van der Waals surface area contributed by atoms with Crippen LogP contribution < -0.4 is 5.73 Å². The molecule has 0 heterocycles. The summed E-state index contributed by atoms with van der Waals surface area (Å²) in [6.07, 6.45) is -0.740. The van der Waals surface area contributed by atoms with Crippen molar-refractivity contribution in [2.45, 2.75) is 6.92 Å². The van der Waals surface area contributed by atoms with Crippen LogP contribution in [0.15, 0.2) is 0 Å². The van der Waals surface area contributed by atoms with Crippen molar-refractivity contribution in [1.82, 2.24) is 0 Å². The van der Waals surface area contributed by atoms with Gasteiger partial charge in [-0.05, 0) is 0 Å². The first-order valence-electron chi connectivity index (χ1n) is 2.03. The summed E-state index contributed by atoms with van der Waals surface area (Å²) in [5.74, 6) is 0.901. The van der Waals surface area contributed by atoms with E-state index in [0.717, 1.165) is 16.8 Å². The third kappa shape index (κ3) is 5.97. The minimum Gasteiger partial charge on any atom is -0.363 e. The van der Waals surface area contributed by atoms with E-state index in [0.29, 0.717) is 0 Å². The van der Waals surface area contributed by atoms with Gasteiger partial charge in [0, 0.05) is 5.75 Å². The molecule has 0 aromatic carbocycles. The fraction of sp³-hybridized carbons (Fsp3) is 0.667. The zero-order valence-corrected chi connectivity index (χ0v) is 6.05. The molecule has 0 saturated heterocycles. The highest BCUT2D eigenvalue weighted by atomic mass is 33.1. The van der Waals surface area contributed by atoms with Gasteiger partial charge in [-0.25, -0.2) is 4.79 Å². The lowest BCUT2D eigenvalue weighted by molar-refractivity contribution is 0.219. The average Bonchev–Trinajstić information content (AvgIpc) is 1.66. The smallest absolute Gasteiger partial charge is 0.363 e. The predicted octanol–water partition coefficient (Wildman–Crippen LogP) is 1.40. The van der Waals surface area contributed by atoms with E-state index in [-0.39, 0.29) is 0 Å². The first-order chi connectivity index (χ1) is 3.77. The monoisotopic (exact) mass is 153 g/mol. The number of hydrogen-bond donors (Lipinski definition) is 1. The average molecular weight is 153 g/mol. The molecule has 0 bridgehead atoms. The maximum Gasteiger partial charge on any atom is 0.417 e. The third-order valence-corrected chi connectivity index (χ3v) is 2.05. The molecule has 0 aromatic heterocycles. The molecular weight excluding hydrogens is 146 g/mol. The Morgan fingerprint density at radius 2 is 2.50 bits per heavy atom. The largest absolute Gasteiger partial charge is 0.417 e. The van der Waals surface area contributed by atoms with Crippen LogP contribution in [0.3, 0.4) is 0 Å². The summed E-state index contributed by atoms with van der Waals surface area (Å²) in [4.78, 5) is 9.84. The second kappa shape index (κ2) is 5.11. The Hall–Kier alpha value is -0.0300. The summed E-state index contributed by atoms with van der Waals surface area (Å²) in [7, 11) is 1.43. The molecule has 48 valence electrons. The van der Waals surface area contributed by atoms with E-state index >= 15 is 0 Å². The normalized spacial score (nSPS) is 8.62. The van der Waals surface area contributed by atoms with Gasteiger partial charge in [-0.1, -0.05) is 17.7 Å². The Bertz CT molecular complexity index is 77.7. The Labute approximate surface area is 55.9 Å². The van der Waals surface area contributed by atoms with Crippen LogP contribution in [-0.2, 0) is 4.18 Å². The van der Waals surface area contributed by atoms with Crippen molar-refractivity contribution >= 4 is 28.0 Å². The second-order valence-electron chi connectivity index (χ2n) is 0.877. The van der Waals surface area contributed by atoms with Crippen LogP contribution in [0, 0.1) is 0 Å². The zero-order chi connectivity index (χ0) is 6.41. The number of primary amides is 1. The van der Waals surface area contributed by atoms with E-state index in [1.165, 1.54) is 10.8 Å². The van der Waals surface area contributed by atoms with Crippen molar-refractivity contribution in [3.8, 4) is 0 Å². The number of hydrogen-bond acceptors (Lipinski definition) is 4. The lowest BCUT2D eigenvalue weighted by atomic mass is 11.0. The molecule has 0 unspecified atom stereocenters. The number of carbonyl (C=O) groups is 1. The number of amides is 1. The Balaban J connectivity index is 2.82. The topological polar surface area (TPSA) is 52.3 Å². The minimum atomic E-state index is -0.740. The van der Waals surface area contributed by atoms with E-state index in [1.807, 2.05) is 6.92 Å². The highest BCUT2D eigenvalue weighted by Crippen LogP contribution is 2.20. The number of carbonyl (C=O) groups excluding carboxylic acids is 1. The fourth-order valence-electron chi connectivity index (χ4n) is 0.106. The molecule has 8 heavy (non-hydrogen) atoms. The van der Waals surface area contributed by atoms with Crippen molar-refractivity contribution in [3.05, 3.63) is 0 Å². The maximum absolute atomic E-state index is 9.84. The standard InChI is InChI=1S/C3H7NO2S2/c1-2-7-8-6-3(4)5/h2H2,1H3,(H2,4,5). The number of nitrogens with two attached hydrogens (primary N) is 1. The molecule has 3 nitrogen and oxygen atoms in total. The summed E-state index contributed by atoms with van der Waals surface area (Å²) in [5.41, 5.74) is 4.64. The molecule has 0 rings (SSSR count). The van der Waals surface area contributed by atoms with Gasteiger partial charge in [-0.3, -0.25) is 0 Å². The van der Waals surface area contributed by atoms with Crippen molar-refractivity contribution in [3.63, 3.8) is 0 Å². The van der Waals surface area contributed by atoms with Gasteiger partial charge in [0.2, 0.25) is 0 Å². The summed E-state index contributed by atoms with van der Waals surface area (Å²) in [6.45, 7) is 1.96. The lowest BCUT2D eigenvalue weighted by Crippen LogP contribution is -2.07. The summed E-state index contributed by atoms with van der Waals surface area (Å²) in [5, 5.41) is 0. The van der Waals surface area contributed by atoms with Gasteiger partial charge in [0.25, 0.3) is 0 Å². The molecule has 0 saturated carbocycles. The van der Waals surface area contributed by atoms with Crippen molar-refractivity contribution < 1.29 is 8.98 Å². The molecule has 0 atom stereocenters. The highest BCUT2D eigenvalue weighted by molar-refractivity contribution is 8.75. The molecule has 0 radical (unpaired) electrons. The van der Waals surface area contributed by atoms with Crippen LogP contribution in [0.4, 0.5) is 4.79 Å². The molecule has 0 fully saturated rings. The van der Waals surface area contributed by atoms with Gasteiger partial charge in [-0.15, -0.1) is 0 Å². The Morgan fingerprint density at radius 1 is 1.88 bits per heavy atom. The van der Waals surface area contributed by atoms with Crippen LogP contribution >= 0.6 is 21.9 Å². The summed E-state index contributed by atoms with van der Waals surface area (Å²) < 4.78 is 4.30. The van der Waals surface area contributed by atoms with Crippen molar-refractivity contribution in [2.75, 3.05) is 5.75 Å². The Morgan fingerprint density at radius 3 is 2.88 bits per heavy atom. The zero-order valence-electron chi connectivity index (χ0n) is 4.42. The van der Waals surface area contributed by atoms with E-state index in [4.69, 9.17) is 0 Å². The summed E-state index contributed by atoms with van der Waals surface area (Å²) in [6, 6.07) is 0. The molecular formula is C3H7NO2S2. The van der Waals surface area contributed by atoms with Gasteiger partial charge in [0.05, 0.1) is 0 Å². The molecule has 5 heteroatoms. The van der Waals surface area contributed by atoms with Crippen molar-refractivity contribution in [2.24, 2.45) is 5.73 Å². The van der Waals surface area contributed by atoms with Crippen LogP contribution in [-0.4, -0.2) is 11.8 Å². The van der Waals surface area contributed by atoms with E-state index in [1.54, 1.807) is 0 Å². The van der Waals surface area contributed by atoms with Crippen molar-refractivity contribution in [1.29, 1.82) is 0 Å². The van der Waals surface area contributed by atoms with Gasteiger partial charge < -0.3 is 9.92 Å². The third-order valence-electron chi connectivity index (χ3n) is 0.282. The first kappa shape index (κ1) is 7.97. The predicted molar refractivity (Wildman–Crippen MR) is 36.4 cm³/mol. The molecule has 0 spiro atoms. The van der Waals surface area contributed by atoms with Gasteiger partial charge in [-0.2, -0.15) is 0 Å². The molecule has 0 aliphatic carbocycles. The summed E-state index contributed by atoms with van der Waals surface area (Å²) >= 11 is 1.00.